The van der Waals surface area contributed by atoms with E-state index in [1.807, 2.05) is 0 Å². The van der Waals surface area contributed by atoms with Gasteiger partial charge >= 0.3 is 12.4 Å². The molecule has 0 bridgehead atoms. The fraction of sp³-hybridized carbons (Fsp3) is 0.211. The van der Waals surface area contributed by atoms with E-state index in [4.69, 9.17) is 0 Å². The molecule has 0 saturated heterocycles. The van der Waals surface area contributed by atoms with E-state index in [2.05, 4.69) is 6.58 Å². The van der Waals surface area contributed by atoms with Crippen molar-refractivity contribution in [3.8, 4) is 0 Å². The molecule has 1 atom stereocenters. The first-order chi connectivity index (χ1) is 14.7. The molecule has 32 heavy (non-hydrogen) atoms. The third kappa shape index (κ3) is 6.45. The number of alkyl halides is 6. The number of anilines is 1. The van der Waals surface area contributed by atoms with Crippen LogP contribution < -0.4 is 15.2 Å². The van der Waals surface area contributed by atoms with Gasteiger partial charge in [0.1, 0.15) is 22.5 Å². The molecule has 174 valence electrons. The van der Waals surface area contributed by atoms with Crippen LogP contribution in [0.5, 0.6) is 0 Å². The van der Waals surface area contributed by atoms with Gasteiger partial charge in [-0.15, -0.1) is 0 Å². The Morgan fingerprint density at radius 2 is 1.72 bits per heavy atom. The van der Waals surface area contributed by atoms with Crippen LogP contribution in [-0.4, -0.2) is 22.5 Å². The van der Waals surface area contributed by atoms with Crippen molar-refractivity contribution >= 4 is 22.6 Å². The molecule has 1 unspecified atom stereocenters. The summed E-state index contributed by atoms with van der Waals surface area (Å²) in [6, 6.07) is 6.91. The second kappa shape index (κ2) is 9.59. The van der Waals surface area contributed by atoms with Crippen molar-refractivity contribution < 1.29 is 39.7 Å². The molecule has 2 aromatic rings. The van der Waals surface area contributed by atoms with Gasteiger partial charge < -0.3 is 0 Å². The van der Waals surface area contributed by atoms with Crippen LogP contribution in [0.2, 0.25) is 0 Å². The Morgan fingerprint density at radius 3 is 2.25 bits per heavy atom. The second-order valence-corrected chi connectivity index (χ2v) is 7.66. The van der Waals surface area contributed by atoms with Crippen molar-refractivity contribution in [2.24, 2.45) is 0 Å². The summed E-state index contributed by atoms with van der Waals surface area (Å²) in [6.07, 6.45) is -8.24. The maximum absolute atomic E-state index is 14.5. The Hall–Kier alpha value is -3.09. The van der Waals surface area contributed by atoms with Gasteiger partial charge in [0, 0.05) is 17.4 Å². The van der Waals surface area contributed by atoms with E-state index in [1.165, 1.54) is 12.3 Å². The Kier molecular flexibility index (Phi) is 7.54. The molecular formula is C19H16F7N3O2S. The van der Waals surface area contributed by atoms with Crippen LogP contribution in [0.1, 0.15) is 21.5 Å². The van der Waals surface area contributed by atoms with Gasteiger partial charge in [0.05, 0.1) is 17.8 Å². The van der Waals surface area contributed by atoms with Gasteiger partial charge in [-0.05, 0) is 30.3 Å². The fourth-order valence-electron chi connectivity index (χ4n) is 2.41. The zero-order chi connectivity index (χ0) is 24.3. The van der Waals surface area contributed by atoms with Gasteiger partial charge in [-0.2, -0.15) is 26.3 Å². The minimum absolute atomic E-state index is 0.0725. The first kappa shape index (κ1) is 25.2. The van der Waals surface area contributed by atoms with E-state index >= 15 is 0 Å². The Labute approximate surface area is 180 Å². The van der Waals surface area contributed by atoms with Crippen LogP contribution in [0.4, 0.5) is 36.4 Å². The van der Waals surface area contributed by atoms with Crippen molar-refractivity contribution in [1.29, 1.82) is 0 Å². The number of hydrazine groups is 1. The molecule has 0 heterocycles. The molecule has 0 aliphatic rings. The van der Waals surface area contributed by atoms with Gasteiger partial charge in [0.15, 0.2) is 0 Å². The number of carbonyl (C=O) groups excluding carboxylic acids is 1. The summed E-state index contributed by atoms with van der Waals surface area (Å²) < 4.78 is 104. The summed E-state index contributed by atoms with van der Waals surface area (Å²) in [5.74, 6) is -2.07. The summed E-state index contributed by atoms with van der Waals surface area (Å²) >= 11 is 0. The van der Waals surface area contributed by atoms with E-state index < -0.39 is 52.9 Å². The lowest BCUT2D eigenvalue weighted by Crippen LogP contribution is -2.40. The molecule has 0 radical (unpaired) electrons. The molecular weight excluding hydrogens is 467 g/mol. The van der Waals surface area contributed by atoms with Gasteiger partial charge in [0.25, 0.3) is 5.91 Å². The van der Waals surface area contributed by atoms with Gasteiger partial charge in [0.2, 0.25) is 0 Å². The van der Waals surface area contributed by atoms with Gasteiger partial charge in [-0.25, -0.2) is 8.60 Å². The van der Waals surface area contributed by atoms with E-state index in [1.54, 1.807) is 10.9 Å². The first-order valence-electron chi connectivity index (χ1n) is 8.59. The molecule has 0 aliphatic carbocycles. The lowest BCUT2D eigenvalue weighted by Gasteiger charge is -2.23. The lowest BCUT2D eigenvalue weighted by atomic mass is 10.1. The zero-order valence-corrected chi connectivity index (χ0v) is 17.1. The Balaban J connectivity index is 2.21. The van der Waals surface area contributed by atoms with Crippen LogP contribution >= 0.6 is 0 Å². The number of benzene rings is 2. The highest BCUT2D eigenvalue weighted by Gasteiger charge is 2.33. The minimum Gasteiger partial charge on any atom is -0.294 e. The van der Waals surface area contributed by atoms with Gasteiger partial charge in [-0.3, -0.25) is 20.0 Å². The number of amides is 1. The number of rotatable bonds is 7. The summed E-state index contributed by atoms with van der Waals surface area (Å²) in [7, 11) is -1.84. The molecule has 1 amide bonds. The topological polar surface area (TPSA) is 61.4 Å². The summed E-state index contributed by atoms with van der Waals surface area (Å²) in [5, 5.41) is 0. The van der Waals surface area contributed by atoms with Crippen LogP contribution in [0, 0.1) is 5.82 Å². The van der Waals surface area contributed by atoms with Crippen molar-refractivity contribution in [1.82, 2.24) is 10.9 Å². The molecule has 0 fully saturated rings. The minimum atomic E-state index is -4.80. The number of halogens is 7. The fourth-order valence-corrected chi connectivity index (χ4v) is 3.15. The van der Waals surface area contributed by atoms with Crippen LogP contribution in [0.25, 0.3) is 0 Å². The molecule has 2 rings (SSSR count). The number of nitrogens with zero attached hydrogens (tertiary/aromatic N) is 1. The van der Waals surface area contributed by atoms with Gasteiger partial charge in [-0.1, -0.05) is 18.7 Å². The second-order valence-electron chi connectivity index (χ2n) is 6.37. The largest absolute Gasteiger partial charge is 0.432 e. The molecule has 2 aromatic carbocycles. The first-order valence-corrected chi connectivity index (χ1v) is 10.1. The van der Waals surface area contributed by atoms with E-state index in [9.17, 15) is 39.7 Å². The lowest BCUT2D eigenvalue weighted by molar-refractivity contribution is -0.137. The number of carbonyl (C=O) groups is 1. The maximum atomic E-state index is 14.5. The average Bonchev–Trinajstić information content (AvgIpc) is 2.69. The third-order valence-corrected chi connectivity index (χ3v) is 5.03. The normalized spacial score (nSPS) is 12.8. The zero-order valence-electron chi connectivity index (χ0n) is 16.3. The van der Waals surface area contributed by atoms with E-state index in [-0.39, 0.29) is 16.8 Å². The van der Waals surface area contributed by atoms with Crippen molar-refractivity contribution in [2.75, 3.05) is 10.6 Å². The van der Waals surface area contributed by atoms with Crippen molar-refractivity contribution in [2.45, 2.75) is 18.9 Å². The molecule has 5 nitrogen and oxygen atoms in total. The Bertz CT molecular complexity index is 1040. The quantitative estimate of drug-likeness (QED) is 0.452. The SMILES string of the molecule is C=C(NNC(=O)c1ccc(CN(c2cccc(C(F)(F)F)c2)S(C)=O)c(F)c1)C(F)(F)F. The molecule has 13 heteroatoms. The van der Waals surface area contributed by atoms with Crippen LogP contribution in [-0.2, 0) is 23.7 Å². The average molecular weight is 483 g/mol. The summed E-state index contributed by atoms with van der Waals surface area (Å²) in [6.45, 7) is 2.29. The summed E-state index contributed by atoms with van der Waals surface area (Å²) in [5.41, 5.74) is 0.337. The smallest absolute Gasteiger partial charge is 0.294 e. The number of allylic oxidation sites excluding steroid dienone is 1. The maximum Gasteiger partial charge on any atom is 0.432 e. The summed E-state index contributed by atoms with van der Waals surface area (Å²) in [4.78, 5) is 11.9. The molecule has 0 aromatic heterocycles. The standard InChI is InChI=1S/C19H16F7N3O2S/c1-11(18(21,22)23)27-28-17(30)12-6-7-13(16(20)8-12)10-29(32(2)31)15-5-3-4-14(9-15)19(24,25)26/h3-9,27H,1,10H2,2H3,(H,28,30). The van der Waals surface area contributed by atoms with Crippen molar-refractivity contribution in [3.63, 3.8) is 0 Å². The predicted molar refractivity (Wildman–Crippen MR) is 104 cm³/mol. The van der Waals surface area contributed by atoms with Crippen LogP contribution in [0.3, 0.4) is 0 Å². The van der Waals surface area contributed by atoms with Crippen LogP contribution in [0.15, 0.2) is 54.7 Å². The number of hydrogen-bond acceptors (Lipinski definition) is 3. The molecule has 0 saturated carbocycles. The molecule has 0 aliphatic heterocycles. The van der Waals surface area contributed by atoms with Crippen molar-refractivity contribution in [3.05, 3.63) is 77.2 Å². The van der Waals surface area contributed by atoms with E-state index in [0.717, 1.165) is 40.7 Å². The van der Waals surface area contributed by atoms with E-state index in [0.29, 0.717) is 0 Å². The number of nitrogens with one attached hydrogen (secondary N) is 2. The third-order valence-electron chi connectivity index (χ3n) is 4.07. The highest BCUT2D eigenvalue weighted by Crippen LogP contribution is 2.32. The molecule has 0 spiro atoms. The number of hydrogen-bond donors (Lipinski definition) is 2. The molecule has 2 N–H and O–H groups in total. The Morgan fingerprint density at radius 1 is 1.06 bits per heavy atom. The predicted octanol–water partition coefficient (Wildman–Crippen LogP) is 4.46. The highest BCUT2D eigenvalue weighted by molar-refractivity contribution is 7.85. The highest BCUT2D eigenvalue weighted by atomic mass is 32.2. The monoisotopic (exact) mass is 483 g/mol.